The van der Waals surface area contributed by atoms with Crippen molar-refractivity contribution in [1.82, 2.24) is 4.31 Å². The zero-order valence-corrected chi connectivity index (χ0v) is 13.5. The first kappa shape index (κ1) is 18.2. The third-order valence-corrected chi connectivity index (χ3v) is 5.08. The van der Waals surface area contributed by atoms with Gasteiger partial charge in [-0.2, -0.15) is 4.31 Å². The molecule has 0 aliphatic carbocycles. The Morgan fingerprint density at radius 3 is 2.48 bits per heavy atom. The van der Waals surface area contributed by atoms with Crippen LogP contribution in [0.5, 0.6) is 5.75 Å². The molecule has 21 heavy (non-hydrogen) atoms. The van der Waals surface area contributed by atoms with E-state index in [-0.39, 0.29) is 23.3 Å². The Morgan fingerprint density at radius 2 is 1.95 bits per heavy atom. The lowest BCUT2D eigenvalue weighted by molar-refractivity contribution is 0.146. The second kappa shape index (κ2) is 7.95. The maximum absolute atomic E-state index is 12.4. The number of ether oxygens (including phenoxy) is 2. The van der Waals surface area contributed by atoms with E-state index in [0.717, 1.165) is 0 Å². The van der Waals surface area contributed by atoms with E-state index < -0.39 is 10.0 Å². The summed E-state index contributed by atoms with van der Waals surface area (Å²) in [6.45, 7) is 1.79. The van der Waals surface area contributed by atoms with Gasteiger partial charge < -0.3 is 15.2 Å². The Kier molecular flexibility index (Phi) is 6.89. The number of sulfonamides is 1. The molecule has 1 unspecified atom stereocenters. The molecule has 0 bridgehead atoms. The Morgan fingerprint density at radius 1 is 1.29 bits per heavy atom. The quantitative estimate of drug-likeness (QED) is 0.779. The van der Waals surface area contributed by atoms with Crippen molar-refractivity contribution in [2.45, 2.75) is 17.4 Å². The summed E-state index contributed by atoms with van der Waals surface area (Å²) in [5, 5.41) is 0. The highest BCUT2D eigenvalue weighted by atomic mass is 35.5. The third kappa shape index (κ3) is 4.55. The molecule has 0 aromatic heterocycles. The highest BCUT2D eigenvalue weighted by Crippen LogP contribution is 2.22. The standard InChI is InChI=1S/C13H20N2O4S.ClH/c1-18-8-9-19-12-2-4-13(5-3-12)20(16,17)15-7-6-11(14)10-15;/h2-5,11H,6-10,14H2,1H3;1H. The highest BCUT2D eigenvalue weighted by molar-refractivity contribution is 7.89. The molecule has 0 amide bonds. The lowest BCUT2D eigenvalue weighted by Gasteiger charge is -2.16. The van der Waals surface area contributed by atoms with Crippen LogP contribution in [0.4, 0.5) is 0 Å². The summed E-state index contributed by atoms with van der Waals surface area (Å²) in [7, 11) is -1.84. The van der Waals surface area contributed by atoms with Crippen LogP contribution in [-0.4, -0.2) is 52.2 Å². The summed E-state index contributed by atoms with van der Waals surface area (Å²) in [6, 6.07) is 6.35. The minimum absolute atomic E-state index is 0. The van der Waals surface area contributed by atoms with Gasteiger partial charge >= 0.3 is 0 Å². The summed E-state index contributed by atoms with van der Waals surface area (Å²) in [5.41, 5.74) is 5.75. The van der Waals surface area contributed by atoms with Crippen LogP contribution >= 0.6 is 12.4 Å². The monoisotopic (exact) mass is 336 g/mol. The molecule has 0 radical (unpaired) electrons. The molecular weight excluding hydrogens is 316 g/mol. The van der Waals surface area contributed by atoms with Gasteiger partial charge in [0.25, 0.3) is 0 Å². The van der Waals surface area contributed by atoms with Crippen LogP contribution in [0.25, 0.3) is 0 Å². The van der Waals surface area contributed by atoms with Crippen LogP contribution in [0.3, 0.4) is 0 Å². The molecule has 0 saturated carbocycles. The molecule has 2 N–H and O–H groups in total. The van der Waals surface area contributed by atoms with Crippen molar-refractivity contribution in [3.05, 3.63) is 24.3 Å². The number of benzene rings is 1. The van der Waals surface area contributed by atoms with Gasteiger partial charge in [0, 0.05) is 26.2 Å². The number of nitrogens with zero attached hydrogens (tertiary/aromatic N) is 1. The molecule has 2 rings (SSSR count). The fourth-order valence-electron chi connectivity index (χ4n) is 2.07. The number of rotatable bonds is 6. The van der Waals surface area contributed by atoms with Crippen LogP contribution in [0.15, 0.2) is 29.2 Å². The lowest BCUT2D eigenvalue weighted by atomic mass is 10.3. The summed E-state index contributed by atoms with van der Waals surface area (Å²) in [4.78, 5) is 0.269. The second-order valence-electron chi connectivity index (χ2n) is 4.72. The van der Waals surface area contributed by atoms with Gasteiger partial charge in [0.15, 0.2) is 0 Å². The smallest absolute Gasteiger partial charge is 0.243 e. The maximum Gasteiger partial charge on any atom is 0.243 e. The molecule has 1 saturated heterocycles. The molecule has 1 fully saturated rings. The first-order valence-corrected chi connectivity index (χ1v) is 7.95. The van der Waals surface area contributed by atoms with E-state index in [1.165, 1.54) is 4.31 Å². The molecule has 8 heteroatoms. The minimum atomic E-state index is -3.44. The predicted molar refractivity (Wildman–Crippen MR) is 82.4 cm³/mol. The average molecular weight is 337 g/mol. The number of hydrogen-bond acceptors (Lipinski definition) is 5. The second-order valence-corrected chi connectivity index (χ2v) is 6.66. The molecule has 1 aromatic carbocycles. The molecule has 1 aromatic rings. The van der Waals surface area contributed by atoms with Crippen molar-refractivity contribution in [2.24, 2.45) is 5.73 Å². The van der Waals surface area contributed by atoms with Crippen LogP contribution in [-0.2, 0) is 14.8 Å². The lowest BCUT2D eigenvalue weighted by Crippen LogP contribution is -2.31. The molecule has 120 valence electrons. The van der Waals surface area contributed by atoms with Crippen molar-refractivity contribution >= 4 is 22.4 Å². The molecule has 1 aliphatic rings. The first-order chi connectivity index (χ1) is 9.54. The zero-order valence-electron chi connectivity index (χ0n) is 11.9. The number of methoxy groups -OCH3 is 1. The van der Waals surface area contributed by atoms with E-state index >= 15 is 0 Å². The van der Waals surface area contributed by atoms with Gasteiger partial charge in [0.05, 0.1) is 11.5 Å². The third-order valence-electron chi connectivity index (χ3n) is 3.21. The predicted octanol–water partition coefficient (Wildman–Crippen LogP) is 0.855. The van der Waals surface area contributed by atoms with Gasteiger partial charge in [-0.15, -0.1) is 12.4 Å². The average Bonchev–Trinajstić information content (AvgIpc) is 2.87. The van der Waals surface area contributed by atoms with E-state index in [4.69, 9.17) is 15.2 Å². The van der Waals surface area contributed by atoms with Gasteiger partial charge in [-0.1, -0.05) is 0 Å². The Hall–Kier alpha value is -0.860. The summed E-state index contributed by atoms with van der Waals surface area (Å²) in [6.07, 6.45) is 0.706. The van der Waals surface area contributed by atoms with Crippen molar-refractivity contribution < 1.29 is 17.9 Å². The SMILES string of the molecule is COCCOc1ccc(S(=O)(=O)N2CCC(N)C2)cc1.Cl. The zero-order chi connectivity index (χ0) is 14.6. The van der Waals surface area contributed by atoms with Crippen LogP contribution < -0.4 is 10.5 Å². The fraction of sp³-hybridized carbons (Fsp3) is 0.538. The molecule has 0 spiro atoms. The van der Waals surface area contributed by atoms with Gasteiger partial charge in [0.2, 0.25) is 10.0 Å². The van der Waals surface area contributed by atoms with E-state index in [0.29, 0.717) is 38.5 Å². The molecule has 1 atom stereocenters. The van der Waals surface area contributed by atoms with E-state index in [1.54, 1.807) is 31.4 Å². The van der Waals surface area contributed by atoms with Crippen LogP contribution in [0.1, 0.15) is 6.42 Å². The van der Waals surface area contributed by atoms with Crippen molar-refractivity contribution in [3.8, 4) is 5.75 Å². The van der Waals surface area contributed by atoms with E-state index in [1.807, 2.05) is 0 Å². The molecule has 6 nitrogen and oxygen atoms in total. The summed E-state index contributed by atoms with van der Waals surface area (Å²) >= 11 is 0. The normalized spacial score (nSPS) is 19.2. The van der Waals surface area contributed by atoms with E-state index in [9.17, 15) is 8.42 Å². The van der Waals surface area contributed by atoms with Gasteiger partial charge in [-0.05, 0) is 30.7 Å². The molecular formula is C13H21ClN2O4S. The number of hydrogen-bond donors (Lipinski definition) is 1. The Labute approximate surface area is 131 Å². The van der Waals surface area contributed by atoms with Crippen molar-refractivity contribution in [2.75, 3.05) is 33.4 Å². The molecule has 1 aliphatic heterocycles. The summed E-state index contributed by atoms with van der Waals surface area (Å²) < 4.78 is 36.4. The number of nitrogens with two attached hydrogens (primary N) is 1. The Balaban J connectivity index is 0.00000220. The van der Waals surface area contributed by atoms with E-state index in [2.05, 4.69) is 0 Å². The fourth-order valence-corrected chi connectivity index (χ4v) is 3.58. The molecule has 1 heterocycles. The maximum atomic E-state index is 12.4. The van der Waals surface area contributed by atoms with Crippen LogP contribution in [0.2, 0.25) is 0 Å². The summed E-state index contributed by atoms with van der Waals surface area (Å²) in [5.74, 6) is 0.624. The van der Waals surface area contributed by atoms with Crippen molar-refractivity contribution in [1.29, 1.82) is 0 Å². The van der Waals surface area contributed by atoms with Crippen LogP contribution in [0, 0.1) is 0 Å². The Bertz CT molecular complexity index is 536. The van der Waals surface area contributed by atoms with Crippen molar-refractivity contribution in [3.63, 3.8) is 0 Å². The number of halogens is 1. The largest absolute Gasteiger partial charge is 0.491 e. The first-order valence-electron chi connectivity index (χ1n) is 6.51. The van der Waals surface area contributed by atoms with Gasteiger partial charge in [0.1, 0.15) is 12.4 Å². The minimum Gasteiger partial charge on any atom is -0.491 e. The van der Waals surface area contributed by atoms with Gasteiger partial charge in [-0.25, -0.2) is 8.42 Å². The topological polar surface area (TPSA) is 81.9 Å². The highest BCUT2D eigenvalue weighted by Gasteiger charge is 2.30. The van der Waals surface area contributed by atoms with Gasteiger partial charge in [-0.3, -0.25) is 0 Å².